The largest absolute Gasteiger partial charge is 0.493 e. The first-order valence-corrected chi connectivity index (χ1v) is 12.9. The van der Waals surface area contributed by atoms with Crippen molar-refractivity contribution in [1.82, 2.24) is 5.48 Å². The summed E-state index contributed by atoms with van der Waals surface area (Å²) in [6.45, 7) is 1.17. The predicted octanol–water partition coefficient (Wildman–Crippen LogP) is 7.59. The number of hydrogen-bond donors (Lipinski definition) is 3. The van der Waals surface area contributed by atoms with Crippen LogP contribution < -0.4 is 15.5 Å². The van der Waals surface area contributed by atoms with Gasteiger partial charge in [-0.3, -0.25) is 10.0 Å². The summed E-state index contributed by atoms with van der Waals surface area (Å²) >= 11 is 0. The van der Waals surface area contributed by atoms with E-state index in [0.29, 0.717) is 18.7 Å². The van der Waals surface area contributed by atoms with Crippen molar-refractivity contribution < 1.29 is 14.7 Å². The lowest BCUT2D eigenvalue weighted by Crippen LogP contribution is -2.18. The molecule has 3 N–H and O–H groups in total. The van der Waals surface area contributed by atoms with Gasteiger partial charge in [0.15, 0.2) is 0 Å². The third-order valence-electron chi connectivity index (χ3n) is 6.59. The second-order valence-corrected chi connectivity index (χ2v) is 9.24. The van der Waals surface area contributed by atoms with Gasteiger partial charge in [0.1, 0.15) is 5.75 Å². The first kappa shape index (κ1) is 25.8. The van der Waals surface area contributed by atoms with Crippen molar-refractivity contribution in [3.05, 3.63) is 138 Å². The van der Waals surface area contributed by atoms with E-state index in [2.05, 4.69) is 66.0 Å². The second kappa shape index (κ2) is 12.6. The van der Waals surface area contributed by atoms with Crippen molar-refractivity contribution in [2.45, 2.75) is 6.42 Å². The highest BCUT2D eigenvalue weighted by molar-refractivity contribution is 5.93. The molecule has 0 aliphatic heterocycles. The fourth-order valence-electron chi connectivity index (χ4n) is 4.48. The van der Waals surface area contributed by atoms with Gasteiger partial charge >= 0.3 is 0 Å². The molecule has 194 valence electrons. The van der Waals surface area contributed by atoms with E-state index in [1.165, 1.54) is 11.1 Å². The van der Waals surface area contributed by atoms with Gasteiger partial charge in [-0.15, -0.1) is 0 Å². The maximum absolute atomic E-state index is 11.7. The van der Waals surface area contributed by atoms with Gasteiger partial charge < -0.3 is 10.1 Å². The van der Waals surface area contributed by atoms with Gasteiger partial charge in [0.05, 0.1) is 6.61 Å². The highest BCUT2D eigenvalue weighted by atomic mass is 16.5. The van der Waals surface area contributed by atoms with Crippen LogP contribution >= 0.6 is 0 Å². The summed E-state index contributed by atoms with van der Waals surface area (Å²) in [4.78, 5) is 11.7. The van der Waals surface area contributed by atoms with Crippen LogP contribution in [0, 0.1) is 0 Å². The summed E-state index contributed by atoms with van der Waals surface area (Å²) in [6.07, 6.45) is 2.83. The fraction of sp³-hybridized carbons (Fsp3) is 0.0882. The second-order valence-electron chi connectivity index (χ2n) is 9.24. The first-order valence-electron chi connectivity index (χ1n) is 12.9. The number of rotatable bonds is 10. The van der Waals surface area contributed by atoms with Crippen LogP contribution in [0.2, 0.25) is 0 Å². The number of nitrogens with one attached hydrogen (secondary N) is 2. The molecule has 0 aliphatic rings. The molecule has 0 radical (unpaired) electrons. The van der Waals surface area contributed by atoms with Crippen LogP contribution in [0.15, 0.2) is 127 Å². The average Bonchev–Trinajstić information content (AvgIpc) is 3.00. The molecule has 0 fully saturated rings. The Bertz CT molecular complexity index is 1560. The number of amides is 1. The summed E-state index contributed by atoms with van der Waals surface area (Å²) in [5.74, 6) is 0.339. The Morgan fingerprint density at radius 1 is 0.744 bits per heavy atom. The van der Waals surface area contributed by atoms with Crippen LogP contribution in [0.1, 0.15) is 22.3 Å². The van der Waals surface area contributed by atoms with Crippen molar-refractivity contribution in [2.24, 2.45) is 0 Å². The maximum atomic E-state index is 11.7. The van der Waals surface area contributed by atoms with E-state index in [1.807, 2.05) is 54.6 Å². The van der Waals surface area contributed by atoms with Gasteiger partial charge in [-0.2, -0.15) is 0 Å². The number of benzene rings is 5. The van der Waals surface area contributed by atoms with Crippen molar-refractivity contribution >= 4 is 28.4 Å². The Labute approximate surface area is 228 Å². The van der Waals surface area contributed by atoms with E-state index in [1.54, 1.807) is 17.6 Å². The zero-order chi connectivity index (χ0) is 26.9. The van der Waals surface area contributed by atoms with Crippen LogP contribution in [0.25, 0.3) is 28.0 Å². The number of anilines is 1. The van der Waals surface area contributed by atoms with E-state index >= 15 is 0 Å². The Morgan fingerprint density at radius 3 is 2.21 bits per heavy atom. The maximum Gasteiger partial charge on any atom is 0.274 e. The van der Waals surface area contributed by atoms with Crippen LogP contribution in [0.5, 0.6) is 5.75 Å². The lowest BCUT2D eigenvalue weighted by molar-refractivity contribution is 0.0706. The molecular weight excluding hydrogens is 484 g/mol. The third kappa shape index (κ3) is 6.72. The highest BCUT2D eigenvalue weighted by Gasteiger charge is 2.06. The molecule has 5 rings (SSSR count). The minimum Gasteiger partial charge on any atom is -0.493 e. The fourth-order valence-corrected chi connectivity index (χ4v) is 4.48. The van der Waals surface area contributed by atoms with Gasteiger partial charge in [-0.05, 0) is 58.0 Å². The van der Waals surface area contributed by atoms with E-state index < -0.39 is 5.91 Å². The predicted molar refractivity (Wildman–Crippen MR) is 158 cm³/mol. The van der Waals surface area contributed by atoms with Crippen molar-refractivity contribution in [2.75, 3.05) is 18.5 Å². The number of ether oxygens (including phenoxy) is 1. The Hall–Kier alpha value is -4.87. The molecular formula is C34H30N2O3. The molecule has 0 atom stereocenters. The van der Waals surface area contributed by atoms with Gasteiger partial charge in [-0.25, -0.2) is 5.48 Å². The topological polar surface area (TPSA) is 70.6 Å². The quantitative estimate of drug-likeness (QED) is 0.133. The molecule has 0 bridgehead atoms. The molecule has 0 saturated heterocycles. The summed E-state index contributed by atoms with van der Waals surface area (Å²) in [5, 5.41) is 14.7. The first-order chi connectivity index (χ1) is 19.2. The number of carbonyl (C=O) groups is 1. The SMILES string of the molecule is O=C(NO)c1ccc(/C=C(\CCOc2cccc3ccccc23)CNc2ccc(-c3ccccc3)cc2)cc1. The number of carbonyl (C=O) groups excluding carboxylic acids is 1. The molecule has 5 heteroatoms. The number of hydroxylamine groups is 1. The van der Waals surface area contributed by atoms with E-state index in [4.69, 9.17) is 9.94 Å². The zero-order valence-corrected chi connectivity index (χ0v) is 21.5. The van der Waals surface area contributed by atoms with Gasteiger partial charge in [0.2, 0.25) is 0 Å². The normalized spacial score (nSPS) is 11.3. The van der Waals surface area contributed by atoms with Crippen LogP contribution in [-0.4, -0.2) is 24.3 Å². The molecule has 0 saturated carbocycles. The molecule has 0 spiro atoms. The Kier molecular flexibility index (Phi) is 8.31. The smallest absolute Gasteiger partial charge is 0.274 e. The van der Waals surface area contributed by atoms with Gasteiger partial charge in [0.25, 0.3) is 5.91 Å². The number of hydrogen-bond acceptors (Lipinski definition) is 4. The summed E-state index contributed by atoms with van der Waals surface area (Å²) in [6, 6.07) is 40.2. The van der Waals surface area contributed by atoms with Gasteiger partial charge in [0, 0.05) is 29.6 Å². The Balaban J connectivity index is 1.30. The monoisotopic (exact) mass is 514 g/mol. The van der Waals surface area contributed by atoms with E-state index in [-0.39, 0.29) is 0 Å². The molecule has 0 heterocycles. The molecule has 5 aromatic rings. The molecule has 39 heavy (non-hydrogen) atoms. The van der Waals surface area contributed by atoms with Crippen molar-refractivity contribution in [3.8, 4) is 16.9 Å². The van der Waals surface area contributed by atoms with Crippen molar-refractivity contribution in [1.29, 1.82) is 0 Å². The third-order valence-corrected chi connectivity index (χ3v) is 6.59. The minimum atomic E-state index is -0.533. The van der Waals surface area contributed by atoms with E-state index in [9.17, 15) is 4.79 Å². The minimum absolute atomic E-state index is 0.395. The lowest BCUT2D eigenvalue weighted by atomic mass is 10.0. The summed E-state index contributed by atoms with van der Waals surface area (Å²) in [7, 11) is 0. The highest BCUT2D eigenvalue weighted by Crippen LogP contribution is 2.26. The number of fused-ring (bicyclic) bond motifs is 1. The van der Waals surface area contributed by atoms with Crippen LogP contribution in [0.3, 0.4) is 0 Å². The Morgan fingerprint density at radius 2 is 1.44 bits per heavy atom. The van der Waals surface area contributed by atoms with Gasteiger partial charge in [-0.1, -0.05) is 97.1 Å². The molecule has 1 amide bonds. The molecule has 0 unspecified atom stereocenters. The zero-order valence-electron chi connectivity index (χ0n) is 21.5. The average molecular weight is 515 g/mol. The molecule has 0 aliphatic carbocycles. The van der Waals surface area contributed by atoms with Crippen LogP contribution in [0.4, 0.5) is 5.69 Å². The molecule has 5 nitrogen and oxygen atoms in total. The summed E-state index contributed by atoms with van der Waals surface area (Å²) < 4.78 is 6.22. The lowest BCUT2D eigenvalue weighted by Gasteiger charge is -2.14. The van der Waals surface area contributed by atoms with E-state index in [0.717, 1.165) is 39.8 Å². The van der Waals surface area contributed by atoms with Crippen molar-refractivity contribution in [3.63, 3.8) is 0 Å². The molecule has 5 aromatic carbocycles. The molecule has 0 aromatic heterocycles. The standard InChI is InChI=1S/C34H30N2O3/c37-34(36-38)30-15-13-25(14-16-30)23-26(21-22-39-33-12-6-10-29-9-4-5-11-32(29)33)24-35-31-19-17-28(18-20-31)27-7-2-1-3-8-27/h1-20,23,35,38H,21-22,24H2,(H,36,37)/b26-23+. The summed E-state index contributed by atoms with van der Waals surface area (Å²) in [5.41, 5.74) is 7.58. The van der Waals surface area contributed by atoms with Crippen LogP contribution in [-0.2, 0) is 0 Å².